The summed E-state index contributed by atoms with van der Waals surface area (Å²) in [6, 6.07) is 11.7. The Bertz CT molecular complexity index is 1040. The van der Waals surface area contributed by atoms with Gasteiger partial charge in [-0.25, -0.2) is 13.2 Å². The molecule has 31 heavy (non-hydrogen) atoms. The Morgan fingerprint density at radius 3 is 2.68 bits per heavy atom. The standard InChI is InChI=1S/C22H27N3O5S/c1-16-5-8-19(9-6-16)31(27,28)25-13-3-2-4-18(25)11-12-23-22(26)24-17-7-10-20-21(14-17)30-15-29-20/h5-10,14,18H,2-4,11-13,15H2,1H3,(H2,23,24,26)/t18-/m0/s1. The normalized spacial score (nSPS) is 18.5. The first kappa shape index (κ1) is 21.5. The fourth-order valence-corrected chi connectivity index (χ4v) is 5.65. The van der Waals surface area contributed by atoms with Crippen LogP contribution in [0.25, 0.3) is 0 Å². The van der Waals surface area contributed by atoms with Crippen molar-refractivity contribution in [1.82, 2.24) is 9.62 Å². The Hall–Kier alpha value is -2.78. The summed E-state index contributed by atoms with van der Waals surface area (Å²) < 4.78 is 38.5. The fourth-order valence-electron chi connectivity index (χ4n) is 3.93. The van der Waals surface area contributed by atoms with Crippen LogP contribution in [0.3, 0.4) is 0 Å². The summed E-state index contributed by atoms with van der Waals surface area (Å²) in [7, 11) is -3.55. The molecule has 2 aliphatic rings. The fraction of sp³-hybridized carbons (Fsp3) is 0.409. The highest BCUT2D eigenvalue weighted by molar-refractivity contribution is 7.89. The van der Waals surface area contributed by atoms with E-state index in [-0.39, 0.29) is 18.9 Å². The van der Waals surface area contributed by atoms with E-state index in [4.69, 9.17) is 9.47 Å². The zero-order valence-electron chi connectivity index (χ0n) is 17.5. The Morgan fingerprint density at radius 1 is 1.10 bits per heavy atom. The number of amides is 2. The zero-order chi connectivity index (χ0) is 21.8. The summed E-state index contributed by atoms with van der Waals surface area (Å²) in [6.07, 6.45) is 3.17. The van der Waals surface area contributed by atoms with Crippen molar-refractivity contribution in [3.05, 3.63) is 48.0 Å². The second-order valence-electron chi connectivity index (χ2n) is 7.82. The largest absolute Gasteiger partial charge is 0.454 e. The number of benzene rings is 2. The maximum atomic E-state index is 13.1. The number of carbonyl (C=O) groups is 1. The summed E-state index contributed by atoms with van der Waals surface area (Å²) in [5.74, 6) is 1.25. The second kappa shape index (κ2) is 9.15. The van der Waals surface area contributed by atoms with E-state index in [1.165, 1.54) is 0 Å². The van der Waals surface area contributed by atoms with Gasteiger partial charge in [0.05, 0.1) is 4.90 Å². The highest BCUT2D eigenvalue weighted by atomic mass is 32.2. The molecule has 8 nitrogen and oxygen atoms in total. The van der Waals surface area contributed by atoms with Gasteiger partial charge < -0.3 is 20.1 Å². The average Bonchev–Trinajstić information content (AvgIpc) is 3.22. The molecule has 2 aromatic carbocycles. The van der Waals surface area contributed by atoms with Gasteiger partial charge in [0.2, 0.25) is 16.8 Å². The van der Waals surface area contributed by atoms with Crippen molar-refractivity contribution < 1.29 is 22.7 Å². The Balaban J connectivity index is 1.33. The van der Waals surface area contributed by atoms with Crippen LogP contribution in [0.2, 0.25) is 0 Å². The van der Waals surface area contributed by atoms with Crippen LogP contribution >= 0.6 is 0 Å². The molecule has 0 bridgehead atoms. The molecule has 2 N–H and O–H groups in total. The summed E-state index contributed by atoms with van der Waals surface area (Å²) in [5, 5.41) is 5.59. The second-order valence-corrected chi connectivity index (χ2v) is 9.71. The summed E-state index contributed by atoms with van der Waals surface area (Å²) >= 11 is 0. The van der Waals surface area contributed by atoms with Gasteiger partial charge in [-0.3, -0.25) is 0 Å². The third kappa shape index (κ3) is 4.94. The van der Waals surface area contributed by atoms with Crippen LogP contribution in [0, 0.1) is 6.92 Å². The van der Waals surface area contributed by atoms with Crippen molar-refractivity contribution in [2.24, 2.45) is 0 Å². The molecule has 0 saturated carbocycles. The predicted molar refractivity (Wildman–Crippen MR) is 117 cm³/mol. The van der Waals surface area contributed by atoms with E-state index in [1.807, 2.05) is 19.1 Å². The van der Waals surface area contributed by atoms with Crippen molar-refractivity contribution in [1.29, 1.82) is 0 Å². The van der Waals surface area contributed by atoms with Crippen LogP contribution in [0.5, 0.6) is 11.5 Å². The SMILES string of the molecule is Cc1ccc(S(=O)(=O)N2CCCC[C@H]2CCNC(=O)Nc2ccc3c(c2)OCO3)cc1. The molecule has 0 aliphatic carbocycles. The summed E-state index contributed by atoms with van der Waals surface area (Å²) in [4.78, 5) is 12.6. The first-order valence-electron chi connectivity index (χ1n) is 10.5. The van der Waals surface area contributed by atoms with Gasteiger partial charge in [-0.15, -0.1) is 0 Å². The maximum absolute atomic E-state index is 13.1. The molecule has 166 valence electrons. The highest BCUT2D eigenvalue weighted by Gasteiger charge is 2.33. The van der Waals surface area contributed by atoms with E-state index in [0.29, 0.717) is 41.6 Å². The summed E-state index contributed by atoms with van der Waals surface area (Å²) in [6.45, 7) is 2.99. The molecule has 2 amide bonds. The highest BCUT2D eigenvalue weighted by Crippen LogP contribution is 2.34. The van der Waals surface area contributed by atoms with Gasteiger partial charge in [0, 0.05) is 30.9 Å². The minimum Gasteiger partial charge on any atom is -0.454 e. The average molecular weight is 446 g/mol. The molecule has 4 rings (SSSR count). The topological polar surface area (TPSA) is 97.0 Å². The van der Waals surface area contributed by atoms with E-state index in [1.54, 1.807) is 34.6 Å². The minimum atomic E-state index is -3.55. The number of carbonyl (C=O) groups excluding carboxylic acids is 1. The molecule has 1 fully saturated rings. The molecule has 0 spiro atoms. The van der Waals surface area contributed by atoms with Gasteiger partial charge in [-0.1, -0.05) is 24.1 Å². The van der Waals surface area contributed by atoms with Crippen LogP contribution in [0.4, 0.5) is 10.5 Å². The first-order valence-corrected chi connectivity index (χ1v) is 11.9. The molecule has 1 atom stereocenters. The quantitative estimate of drug-likeness (QED) is 0.710. The lowest BCUT2D eigenvalue weighted by Gasteiger charge is -2.34. The molecule has 0 unspecified atom stereocenters. The van der Waals surface area contributed by atoms with E-state index < -0.39 is 10.0 Å². The number of nitrogens with zero attached hydrogens (tertiary/aromatic N) is 1. The lowest BCUT2D eigenvalue weighted by Crippen LogP contribution is -2.45. The Morgan fingerprint density at radius 2 is 1.87 bits per heavy atom. The molecule has 9 heteroatoms. The third-order valence-electron chi connectivity index (χ3n) is 5.59. The first-order chi connectivity index (χ1) is 14.9. The number of urea groups is 1. The van der Waals surface area contributed by atoms with Crippen molar-refractivity contribution in [2.75, 3.05) is 25.2 Å². The van der Waals surface area contributed by atoms with Crippen molar-refractivity contribution in [3.8, 4) is 11.5 Å². The van der Waals surface area contributed by atoms with Crippen molar-refractivity contribution >= 4 is 21.7 Å². The van der Waals surface area contributed by atoms with Crippen LogP contribution in [-0.2, 0) is 10.0 Å². The number of hydrogen-bond donors (Lipinski definition) is 2. The number of fused-ring (bicyclic) bond motifs is 1. The van der Waals surface area contributed by atoms with E-state index in [2.05, 4.69) is 10.6 Å². The van der Waals surface area contributed by atoms with Crippen molar-refractivity contribution in [3.63, 3.8) is 0 Å². The number of anilines is 1. The number of aryl methyl sites for hydroxylation is 1. The monoisotopic (exact) mass is 445 g/mol. The van der Waals surface area contributed by atoms with Crippen LogP contribution in [0.1, 0.15) is 31.2 Å². The number of ether oxygens (including phenoxy) is 2. The lowest BCUT2D eigenvalue weighted by molar-refractivity contribution is 0.174. The molecule has 0 aromatic heterocycles. The van der Waals surface area contributed by atoms with Crippen LogP contribution < -0.4 is 20.1 Å². The predicted octanol–water partition coefficient (Wildman–Crippen LogP) is 3.48. The van der Waals surface area contributed by atoms with E-state index in [0.717, 1.165) is 24.8 Å². The van der Waals surface area contributed by atoms with Gasteiger partial charge in [0.15, 0.2) is 11.5 Å². The number of sulfonamides is 1. The molecule has 1 saturated heterocycles. The van der Waals surface area contributed by atoms with Gasteiger partial charge in [-0.05, 0) is 50.5 Å². The number of nitrogens with one attached hydrogen (secondary N) is 2. The number of rotatable bonds is 6. The molecular weight excluding hydrogens is 418 g/mol. The smallest absolute Gasteiger partial charge is 0.319 e. The van der Waals surface area contributed by atoms with E-state index in [9.17, 15) is 13.2 Å². The van der Waals surface area contributed by atoms with E-state index >= 15 is 0 Å². The number of piperidine rings is 1. The minimum absolute atomic E-state index is 0.133. The van der Waals surface area contributed by atoms with Gasteiger partial charge >= 0.3 is 6.03 Å². The van der Waals surface area contributed by atoms with Gasteiger partial charge in [0.1, 0.15) is 0 Å². The molecule has 0 radical (unpaired) electrons. The zero-order valence-corrected chi connectivity index (χ0v) is 18.3. The molecular formula is C22H27N3O5S. The number of hydrogen-bond acceptors (Lipinski definition) is 5. The third-order valence-corrected chi connectivity index (χ3v) is 7.56. The molecule has 2 aliphatic heterocycles. The summed E-state index contributed by atoms with van der Waals surface area (Å²) in [5.41, 5.74) is 1.62. The van der Waals surface area contributed by atoms with Gasteiger partial charge in [0.25, 0.3) is 0 Å². The van der Waals surface area contributed by atoms with Crippen molar-refractivity contribution in [2.45, 2.75) is 43.5 Å². The van der Waals surface area contributed by atoms with Crippen LogP contribution in [-0.4, -0.2) is 44.7 Å². The Labute approximate surface area is 182 Å². The lowest BCUT2D eigenvalue weighted by atomic mass is 10.0. The van der Waals surface area contributed by atoms with Gasteiger partial charge in [-0.2, -0.15) is 4.31 Å². The maximum Gasteiger partial charge on any atom is 0.319 e. The van der Waals surface area contributed by atoms with Crippen LogP contribution in [0.15, 0.2) is 47.4 Å². The molecule has 2 aromatic rings. The Kier molecular flexibility index (Phi) is 6.33. The molecule has 2 heterocycles.